The summed E-state index contributed by atoms with van der Waals surface area (Å²) in [5.74, 6) is -0.0934. The third kappa shape index (κ3) is 4.59. The molecule has 0 radical (unpaired) electrons. The van der Waals surface area contributed by atoms with Gasteiger partial charge < -0.3 is 20.5 Å². The van der Waals surface area contributed by atoms with E-state index in [1.807, 2.05) is 0 Å². The number of carbonyl (C=O) groups excluding carboxylic acids is 3. The zero-order valence-electron chi connectivity index (χ0n) is 14.7. The van der Waals surface area contributed by atoms with Gasteiger partial charge in [-0.05, 0) is 25.0 Å². The Kier molecular flexibility index (Phi) is 5.94. The Bertz CT molecular complexity index is 830. The number of aromatic nitrogens is 2. The highest BCUT2D eigenvalue weighted by molar-refractivity contribution is 6.06. The lowest BCUT2D eigenvalue weighted by Crippen LogP contribution is -2.29. The summed E-state index contributed by atoms with van der Waals surface area (Å²) in [6.45, 7) is 3.19. The highest BCUT2D eigenvalue weighted by atomic mass is 16.6. The molecule has 1 heterocycles. The number of nitrogens with two attached hydrogens (primary N) is 1. The first-order valence-corrected chi connectivity index (χ1v) is 7.79. The van der Waals surface area contributed by atoms with Crippen LogP contribution in [0, 0.1) is 6.92 Å². The van der Waals surface area contributed by atoms with Crippen LogP contribution in [-0.4, -0.2) is 41.2 Å². The number of anilines is 1. The summed E-state index contributed by atoms with van der Waals surface area (Å²) in [6.07, 6.45) is -2.11. The van der Waals surface area contributed by atoms with Crippen LogP contribution in [0.1, 0.15) is 28.4 Å². The number of aryl methyl sites for hydroxylation is 1. The van der Waals surface area contributed by atoms with Gasteiger partial charge in [-0.2, -0.15) is 5.10 Å². The summed E-state index contributed by atoms with van der Waals surface area (Å²) in [5.41, 5.74) is 6.49. The lowest BCUT2D eigenvalue weighted by atomic mass is 9.96. The minimum Gasteiger partial charge on any atom is -0.481 e. The predicted molar refractivity (Wildman–Crippen MR) is 93.1 cm³/mol. The molecule has 0 aliphatic heterocycles. The van der Waals surface area contributed by atoms with E-state index >= 15 is 0 Å². The molecule has 2 amide bonds. The van der Waals surface area contributed by atoms with Crippen LogP contribution in [0.25, 0.3) is 0 Å². The Morgan fingerprint density at radius 3 is 2.69 bits per heavy atom. The maximum atomic E-state index is 12.7. The van der Waals surface area contributed by atoms with E-state index in [1.165, 1.54) is 20.1 Å². The number of H-pyrrole nitrogens is 1. The van der Waals surface area contributed by atoms with Crippen molar-refractivity contribution in [2.45, 2.75) is 26.4 Å². The Balaban J connectivity index is 2.21. The molecular weight excluding hydrogens is 340 g/mol. The smallest absolute Gasteiger partial charge is 0.405 e. The summed E-state index contributed by atoms with van der Waals surface area (Å²) < 4.78 is 9.66. The molecular formula is C17H20N4O5. The van der Waals surface area contributed by atoms with Gasteiger partial charge in [-0.15, -0.1) is 0 Å². The molecule has 0 spiro atoms. The van der Waals surface area contributed by atoms with Crippen LogP contribution in [0.4, 0.5) is 10.6 Å². The molecule has 138 valence electrons. The van der Waals surface area contributed by atoms with Gasteiger partial charge in [-0.25, -0.2) is 9.89 Å². The van der Waals surface area contributed by atoms with E-state index in [9.17, 15) is 14.4 Å². The summed E-state index contributed by atoms with van der Waals surface area (Å²) in [5, 5.41) is 9.17. The molecule has 1 aromatic heterocycles. The molecule has 9 nitrogen and oxygen atoms in total. The van der Waals surface area contributed by atoms with Crippen LogP contribution in [0.15, 0.2) is 24.3 Å². The second-order valence-corrected chi connectivity index (χ2v) is 5.61. The second-order valence-electron chi connectivity index (χ2n) is 5.61. The van der Waals surface area contributed by atoms with Crippen LogP contribution >= 0.6 is 0 Å². The van der Waals surface area contributed by atoms with Gasteiger partial charge in [-0.3, -0.25) is 9.59 Å². The van der Waals surface area contributed by atoms with Crippen molar-refractivity contribution in [2.24, 2.45) is 5.73 Å². The van der Waals surface area contributed by atoms with Gasteiger partial charge >= 0.3 is 6.09 Å². The van der Waals surface area contributed by atoms with Gasteiger partial charge in [0, 0.05) is 18.1 Å². The number of nitrogens with zero attached hydrogens (tertiary/aromatic N) is 1. The number of hydrogen-bond donors (Lipinski definition) is 3. The van der Waals surface area contributed by atoms with Crippen molar-refractivity contribution in [1.29, 1.82) is 0 Å². The van der Waals surface area contributed by atoms with Crippen molar-refractivity contribution in [2.75, 3.05) is 12.4 Å². The molecule has 0 aliphatic carbocycles. The molecule has 0 fully saturated rings. The van der Waals surface area contributed by atoms with E-state index in [2.05, 4.69) is 20.3 Å². The maximum absolute atomic E-state index is 12.7. The average Bonchev–Trinajstić information content (AvgIpc) is 3.01. The molecule has 0 saturated carbocycles. The fourth-order valence-electron chi connectivity index (χ4n) is 2.42. The van der Waals surface area contributed by atoms with Crippen LogP contribution in [-0.2, 0) is 16.0 Å². The third-order valence-corrected chi connectivity index (χ3v) is 3.71. The van der Waals surface area contributed by atoms with Crippen molar-refractivity contribution >= 4 is 23.6 Å². The minimum atomic E-state index is -1.03. The number of amides is 2. The Hall–Kier alpha value is -3.36. The van der Waals surface area contributed by atoms with Crippen LogP contribution in [0.3, 0.4) is 0 Å². The van der Waals surface area contributed by atoms with Gasteiger partial charge in [0.05, 0.1) is 7.11 Å². The molecule has 0 saturated heterocycles. The standard InChI is InChI=1S/C17H20N4O5/c1-9-5-4-6-11(7-12(22)10(2)26-17(18)24)15(9)16(23)19-13-8-14(25-3)21-20-13/h4-6,8,10H,7H2,1-3H3,(H2,18,24)(H2,19,20,21,23)/t10-/m0/s1. The largest absolute Gasteiger partial charge is 0.481 e. The number of benzene rings is 1. The van der Waals surface area contributed by atoms with Gasteiger partial charge in [0.15, 0.2) is 17.7 Å². The molecule has 1 aromatic carbocycles. The van der Waals surface area contributed by atoms with Crippen LogP contribution in [0.5, 0.6) is 5.88 Å². The molecule has 1 atom stereocenters. The number of methoxy groups -OCH3 is 1. The number of aromatic amines is 1. The number of ketones is 1. The molecule has 9 heteroatoms. The van der Waals surface area contributed by atoms with E-state index in [1.54, 1.807) is 25.1 Å². The highest BCUT2D eigenvalue weighted by Crippen LogP contribution is 2.19. The monoisotopic (exact) mass is 360 g/mol. The van der Waals surface area contributed by atoms with Gasteiger partial charge in [0.1, 0.15) is 0 Å². The van der Waals surface area contributed by atoms with E-state index in [-0.39, 0.29) is 18.0 Å². The van der Waals surface area contributed by atoms with Gasteiger partial charge in [0.25, 0.3) is 5.91 Å². The molecule has 2 rings (SSSR count). The summed E-state index contributed by atoms with van der Waals surface area (Å²) in [4.78, 5) is 35.7. The van der Waals surface area contributed by atoms with E-state index in [0.717, 1.165) is 0 Å². The number of nitrogens with one attached hydrogen (secondary N) is 2. The van der Waals surface area contributed by atoms with Crippen LogP contribution < -0.4 is 15.8 Å². The first-order valence-electron chi connectivity index (χ1n) is 7.79. The first-order chi connectivity index (χ1) is 12.3. The Morgan fingerprint density at radius 1 is 1.35 bits per heavy atom. The van der Waals surface area contributed by atoms with E-state index in [0.29, 0.717) is 22.6 Å². The number of Topliss-reactive ketones (excluding diaryl/α,β-unsaturated/α-hetero) is 1. The maximum Gasteiger partial charge on any atom is 0.405 e. The number of rotatable bonds is 7. The summed E-state index contributed by atoms with van der Waals surface area (Å²) in [6, 6.07) is 6.70. The third-order valence-electron chi connectivity index (χ3n) is 3.71. The molecule has 0 bridgehead atoms. The molecule has 0 aliphatic rings. The summed E-state index contributed by atoms with van der Waals surface area (Å²) >= 11 is 0. The molecule has 26 heavy (non-hydrogen) atoms. The molecule has 0 unspecified atom stereocenters. The number of ether oxygens (including phenoxy) is 2. The van der Waals surface area contributed by atoms with Crippen molar-refractivity contribution in [3.05, 3.63) is 41.0 Å². The average molecular weight is 360 g/mol. The lowest BCUT2D eigenvalue weighted by Gasteiger charge is -2.14. The SMILES string of the molecule is COc1cc(NC(=O)c2c(C)cccc2CC(=O)[C@H](C)OC(N)=O)n[nH]1. The van der Waals surface area contributed by atoms with Gasteiger partial charge in [-0.1, -0.05) is 18.2 Å². The Labute approximate surface area is 149 Å². The summed E-state index contributed by atoms with van der Waals surface area (Å²) in [7, 11) is 1.47. The zero-order valence-corrected chi connectivity index (χ0v) is 14.7. The topological polar surface area (TPSA) is 136 Å². The second kappa shape index (κ2) is 8.15. The van der Waals surface area contributed by atoms with Crippen molar-refractivity contribution < 1.29 is 23.9 Å². The van der Waals surface area contributed by atoms with Crippen molar-refractivity contribution in [3.8, 4) is 5.88 Å². The zero-order chi connectivity index (χ0) is 19.3. The minimum absolute atomic E-state index is 0.0806. The van der Waals surface area contributed by atoms with Crippen molar-refractivity contribution in [3.63, 3.8) is 0 Å². The van der Waals surface area contributed by atoms with Gasteiger partial charge in [0.2, 0.25) is 5.88 Å². The fourth-order valence-corrected chi connectivity index (χ4v) is 2.42. The number of primary amides is 1. The van der Waals surface area contributed by atoms with Crippen LogP contribution in [0.2, 0.25) is 0 Å². The number of hydrogen-bond acceptors (Lipinski definition) is 6. The fraction of sp³-hybridized carbons (Fsp3) is 0.294. The van der Waals surface area contributed by atoms with Crippen molar-refractivity contribution in [1.82, 2.24) is 10.2 Å². The normalized spacial score (nSPS) is 11.5. The van der Waals surface area contributed by atoms with E-state index in [4.69, 9.17) is 10.5 Å². The lowest BCUT2D eigenvalue weighted by molar-refractivity contribution is -0.125. The highest BCUT2D eigenvalue weighted by Gasteiger charge is 2.21. The first kappa shape index (κ1) is 19.0. The molecule has 2 aromatic rings. The molecule has 4 N–H and O–H groups in total. The predicted octanol–water partition coefficient (Wildman–Crippen LogP) is 1.57. The quantitative estimate of drug-likeness (QED) is 0.685. The number of carbonyl (C=O) groups is 3. The Morgan fingerprint density at radius 2 is 2.08 bits per heavy atom. The van der Waals surface area contributed by atoms with E-state index < -0.39 is 18.1 Å².